The summed E-state index contributed by atoms with van der Waals surface area (Å²) in [5.74, 6) is 0.405. The van der Waals surface area contributed by atoms with Gasteiger partial charge in [-0.2, -0.15) is 0 Å². The number of ether oxygens (including phenoxy) is 1. The first-order chi connectivity index (χ1) is 8.19. The first-order valence-electron chi connectivity index (χ1n) is 5.74. The van der Waals surface area contributed by atoms with E-state index in [4.69, 9.17) is 15.6 Å². The zero-order valence-electron chi connectivity index (χ0n) is 9.98. The van der Waals surface area contributed by atoms with Crippen molar-refractivity contribution < 1.29 is 14.6 Å². The molecule has 17 heavy (non-hydrogen) atoms. The van der Waals surface area contributed by atoms with Crippen LogP contribution >= 0.6 is 0 Å². The molecule has 0 aromatic carbocycles. The van der Waals surface area contributed by atoms with E-state index in [0.29, 0.717) is 12.2 Å². The van der Waals surface area contributed by atoms with E-state index in [0.717, 1.165) is 30.5 Å². The molecule has 0 saturated heterocycles. The van der Waals surface area contributed by atoms with E-state index < -0.39 is 6.09 Å². The third kappa shape index (κ3) is 4.03. The molecule has 3 N–H and O–H groups in total. The Bertz CT molecular complexity index is 380. The lowest BCUT2D eigenvalue weighted by atomic mass is 10.1. The molecule has 5 heteroatoms. The zero-order chi connectivity index (χ0) is 12.7. The van der Waals surface area contributed by atoms with Gasteiger partial charge in [0, 0.05) is 18.4 Å². The summed E-state index contributed by atoms with van der Waals surface area (Å²) >= 11 is 0. The normalized spacial score (nSPS) is 10.2. The molecule has 0 fully saturated rings. The lowest BCUT2D eigenvalue weighted by Gasteiger charge is -2.11. The monoisotopic (exact) mass is 238 g/mol. The van der Waals surface area contributed by atoms with Crippen LogP contribution in [-0.2, 0) is 12.8 Å². The fraction of sp³-hybridized carbons (Fsp3) is 0.500. The number of rotatable bonds is 6. The highest BCUT2D eigenvalue weighted by Gasteiger charge is 2.13. The number of aliphatic hydroxyl groups is 1. The van der Waals surface area contributed by atoms with E-state index in [2.05, 4.69) is 11.9 Å². The number of aryl methyl sites for hydroxylation is 1. The predicted octanol–water partition coefficient (Wildman–Crippen LogP) is 1.42. The van der Waals surface area contributed by atoms with Crippen molar-refractivity contribution in [1.29, 1.82) is 0 Å². The van der Waals surface area contributed by atoms with E-state index in [-0.39, 0.29) is 6.61 Å². The number of pyridine rings is 1. The lowest BCUT2D eigenvalue weighted by molar-refractivity contribution is 0.209. The molecule has 94 valence electrons. The van der Waals surface area contributed by atoms with Crippen LogP contribution in [0.5, 0.6) is 5.75 Å². The number of nitrogens with zero attached hydrogens (tertiary/aromatic N) is 1. The molecule has 0 saturated carbocycles. The molecule has 0 spiro atoms. The first-order valence-corrected chi connectivity index (χ1v) is 5.74. The van der Waals surface area contributed by atoms with Crippen LogP contribution < -0.4 is 10.5 Å². The van der Waals surface area contributed by atoms with Crippen molar-refractivity contribution in [3.8, 4) is 5.75 Å². The largest absolute Gasteiger partial charge is 0.410 e. The Morgan fingerprint density at radius 2 is 2.29 bits per heavy atom. The fourth-order valence-corrected chi connectivity index (χ4v) is 1.60. The minimum atomic E-state index is -0.852. The maximum absolute atomic E-state index is 10.9. The molecule has 0 aliphatic carbocycles. The molecule has 0 aliphatic heterocycles. The van der Waals surface area contributed by atoms with Crippen molar-refractivity contribution in [1.82, 2.24) is 4.98 Å². The van der Waals surface area contributed by atoms with E-state index in [1.54, 1.807) is 12.3 Å². The van der Waals surface area contributed by atoms with Crippen LogP contribution in [0.25, 0.3) is 0 Å². The van der Waals surface area contributed by atoms with Crippen LogP contribution in [-0.4, -0.2) is 22.8 Å². The molecule has 0 aliphatic rings. The summed E-state index contributed by atoms with van der Waals surface area (Å²) in [6, 6.07) is 1.73. The van der Waals surface area contributed by atoms with Gasteiger partial charge in [-0.15, -0.1) is 0 Å². The van der Waals surface area contributed by atoms with Gasteiger partial charge in [-0.25, -0.2) is 4.79 Å². The second kappa shape index (κ2) is 6.85. The van der Waals surface area contributed by atoms with Gasteiger partial charge in [0.2, 0.25) is 0 Å². The van der Waals surface area contributed by atoms with Crippen molar-refractivity contribution in [2.24, 2.45) is 5.73 Å². The van der Waals surface area contributed by atoms with Crippen molar-refractivity contribution >= 4 is 6.09 Å². The van der Waals surface area contributed by atoms with Crippen LogP contribution in [0, 0.1) is 0 Å². The molecular formula is C12H18N2O3. The summed E-state index contributed by atoms with van der Waals surface area (Å²) in [5.41, 5.74) is 6.51. The number of carbonyl (C=O) groups excluding carboxylic acids is 1. The number of amides is 1. The van der Waals surface area contributed by atoms with Crippen LogP contribution in [0.4, 0.5) is 4.79 Å². The number of nitrogens with two attached hydrogens (primary N) is 1. The Balaban J connectivity index is 3.00. The van der Waals surface area contributed by atoms with Gasteiger partial charge in [0.25, 0.3) is 0 Å². The van der Waals surface area contributed by atoms with Gasteiger partial charge < -0.3 is 15.6 Å². The average Bonchev–Trinajstić information content (AvgIpc) is 2.29. The molecule has 1 aromatic heterocycles. The highest BCUT2D eigenvalue weighted by molar-refractivity contribution is 5.69. The second-order valence-electron chi connectivity index (χ2n) is 3.74. The number of primary amides is 1. The fourth-order valence-electron chi connectivity index (χ4n) is 1.60. The van der Waals surface area contributed by atoms with Gasteiger partial charge in [-0.1, -0.05) is 13.3 Å². The third-order valence-electron chi connectivity index (χ3n) is 2.41. The smallest absolute Gasteiger partial charge is 0.408 e. The molecule has 0 atom stereocenters. The molecule has 0 bridgehead atoms. The summed E-state index contributed by atoms with van der Waals surface area (Å²) in [4.78, 5) is 15.1. The first kappa shape index (κ1) is 13.4. The number of hydrogen-bond donors (Lipinski definition) is 2. The van der Waals surface area contributed by atoms with Gasteiger partial charge in [0.05, 0.1) is 5.69 Å². The van der Waals surface area contributed by atoms with Crippen molar-refractivity contribution in [3.63, 3.8) is 0 Å². The number of aromatic nitrogens is 1. The Kier molecular flexibility index (Phi) is 5.42. The number of aliphatic hydroxyl groups excluding tert-OH is 1. The second-order valence-corrected chi connectivity index (χ2v) is 3.74. The SMILES string of the molecule is CCCCc1nccc(CCO)c1OC(N)=O. The summed E-state index contributed by atoms with van der Waals surface area (Å²) in [5, 5.41) is 8.95. The quantitative estimate of drug-likeness (QED) is 0.784. The topological polar surface area (TPSA) is 85.4 Å². The van der Waals surface area contributed by atoms with Crippen molar-refractivity contribution in [3.05, 3.63) is 23.5 Å². The standard InChI is InChI=1S/C12H18N2O3/c1-2-3-4-10-11(17-12(13)16)9(6-8-15)5-7-14-10/h5,7,15H,2-4,6,8H2,1H3,(H2,13,16). The summed E-state index contributed by atoms with van der Waals surface area (Å²) in [7, 11) is 0. The lowest BCUT2D eigenvalue weighted by Crippen LogP contribution is -2.19. The van der Waals surface area contributed by atoms with Crippen LogP contribution in [0.3, 0.4) is 0 Å². The number of carbonyl (C=O) groups is 1. The van der Waals surface area contributed by atoms with E-state index in [1.165, 1.54) is 0 Å². The molecular weight excluding hydrogens is 220 g/mol. The molecule has 0 unspecified atom stereocenters. The van der Waals surface area contributed by atoms with Crippen LogP contribution in [0.2, 0.25) is 0 Å². The summed E-state index contributed by atoms with van der Waals surface area (Å²) in [6.07, 6.45) is 3.95. The van der Waals surface area contributed by atoms with E-state index in [1.807, 2.05) is 0 Å². The molecule has 1 heterocycles. The molecule has 1 rings (SSSR count). The molecule has 0 radical (unpaired) electrons. The van der Waals surface area contributed by atoms with Crippen molar-refractivity contribution in [2.45, 2.75) is 32.6 Å². The maximum Gasteiger partial charge on any atom is 0.410 e. The minimum absolute atomic E-state index is 0.00759. The number of hydrogen-bond acceptors (Lipinski definition) is 4. The highest BCUT2D eigenvalue weighted by atomic mass is 16.5. The van der Waals surface area contributed by atoms with Crippen molar-refractivity contribution in [2.75, 3.05) is 6.61 Å². The van der Waals surface area contributed by atoms with E-state index >= 15 is 0 Å². The summed E-state index contributed by atoms with van der Waals surface area (Å²) in [6.45, 7) is 2.07. The van der Waals surface area contributed by atoms with Crippen LogP contribution in [0.1, 0.15) is 31.0 Å². The third-order valence-corrected chi connectivity index (χ3v) is 2.41. The molecule has 1 aromatic rings. The predicted molar refractivity (Wildman–Crippen MR) is 63.9 cm³/mol. The van der Waals surface area contributed by atoms with Gasteiger partial charge >= 0.3 is 6.09 Å². The summed E-state index contributed by atoms with van der Waals surface area (Å²) < 4.78 is 4.99. The Labute approximate surface area is 101 Å². The highest BCUT2D eigenvalue weighted by Crippen LogP contribution is 2.24. The van der Waals surface area contributed by atoms with Gasteiger partial charge in [0.1, 0.15) is 0 Å². The molecule has 5 nitrogen and oxygen atoms in total. The molecule has 1 amide bonds. The van der Waals surface area contributed by atoms with E-state index in [9.17, 15) is 4.79 Å². The van der Waals surface area contributed by atoms with Gasteiger partial charge in [-0.05, 0) is 25.3 Å². The Hall–Kier alpha value is -1.62. The minimum Gasteiger partial charge on any atom is -0.408 e. The number of unbranched alkanes of at least 4 members (excludes halogenated alkanes) is 1. The Morgan fingerprint density at radius 1 is 1.53 bits per heavy atom. The maximum atomic E-state index is 10.9. The zero-order valence-corrected chi connectivity index (χ0v) is 9.98. The van der Waals surface area contributed by atoms with Gasteiger partial charge in [0.15, 0.2) is 5.75 Å². The van der Waals surface area contributed by atoms with Gasteiger partial charge in [-0.3, -0.25) is 4.98 Å². The van der Waals surface area contributed by atoms with Crippen LogP contribution in [0.15, 0.2) is 12.3 Å². The Morgan fingerprint density at radius 3 is 2.88 bits per heavy atom. The average molecular weight is 238 g/mol.